The molecule has 6 heterocycles. The Kier molecular flexibility index (Phi) is 16.1. The molecule has 0 amide bonds. The van der Waals surface area contributed by atoms with Crippen LogP contribution in [-0.2, 0) is 17.8 Å². The summed E-state index contributed by atoms with van der Waals surface area (Å²) in [4.78, 5) is 53.1. The maximum absolute atomic E-state index is 12.6. The predicted octanol–water partition coefficient (Wildman–Crippen LogP) is 6.29. The third-order valence-corrected chi connectivity index (χ3v) is 13.2. The van der Waals surface area contributed by atoms with Crippen molar-refractivity contribution in [1.29, 1.82) is 0 Å². The molecule has 0 fully saturated rings. The second-order valence-electron chi connectivity index (χ2n) is 11.9. The number of halogens is 1. The van der Waals surface area contributed by atoms with E-state index in [9.17, 15) is 24.3 Å². The van der Waals surface area contributed by atoms with Crippen molar-refractivity contribution >= 4 is 84.4 Å². The first kappa shape index (κ1) is 43.1. The van der Waals surface area contributed by atoms with E-state index >= 15 is 0 Å². The SMILES string of the molecule is BrCCCn1cccc1.CC(O)c1cc2c(s1)C(=O)c1ccsc1C2=O.CC(OCCCn1cccc1)c1cc2c(s1)C(=O)c1ccsc1C2=O.[Na+].[OH-]. The van der Waals surface area contributed by atoms with Gasteiger partial charge in [0.05, 0.1) is 31.7 Å². The Morgan fingerprint density at radius 3 is 1.58 bits per heavy atom. The Balaban J connectivity index is 0.000000194. The summed E-state index contributed by atoms with van der Waals surface area (Å²) in [5, 5.41) is 14.1. The maximum atomic E-state index is 12.6. The van der Waals surface area contributed by atoms with Gasteiger partial charge in [-0.25, -0.2) is 0 Å². The fraction of sp³-hybridized carbons (Fsp3) is 0.263. The summed E-state index contributed by atoms with van der Waals surface area (Å²) >= 11 is 8.60. The number of aliphatic hydroxyl groups is 1. The van der Waals surface area contributed by atoms with Gasteiger partial charge in [-0.05, 0) is 86.0 Å². The van der Waals surface area contributed by atoms with Gasteiger partial charge in [-0.2, -0.15) is 0 Å². The van der Waals surface area contributed by atoms with Gasteiger partial charge in [0.1, 0.15) is 0 Å². The average molecular weight is 864 g/mol. The van der Waals surface area contributed by atoms with Crippen LogP contribution in [-0.4, -0.2) is 54.8 Å². The number of rotatable bonds is 10. The first-order chi connectivity index (χ1) is 24.7. The molecule has 0 aliphatic heterocycles. The molecule has 2 aliphatic rings. The first-order valence-corrected chi connectivity index (χ1v) is 20.9. The molecule has 2 aliphatic carbocycles. The standard InChI is InChI=1S/C19H17NO3S2.C12H8O3S2.C7H10BrN.Na.H2O/c1-12(23-9-4-8-20-6-2-3-7-20)15-11-14-17(22)18-13(5-10-24-18)16(21)19(14)25-15;1-5(13)8-4-7-10(15)11-6(2-3-16-11)9(14)12(7)17-8;8-4-3-7-9-5-1-2-6-9;;/h2-3,5-7,10-12H,4,8-9H2,1H3;2-5,13H,1H3;1-2,5-6H,3-4,7H2;;1H2/q;;;+1;/p-1. The van der Waals surface area contributed by atoms with E-state index in [1.807, 2.05) is 49.6 Å². The Morgan fingerprint density at radius 2 is 1.11 bits per heavy atom. The van der Waals surface area contributed by atoms with Gasteiger partial charge >= 0.3 is 29.6 Å². The van der Waals surface area contributed by atoms with Crippen LogP contribution in [0.25, 0.3) is 0 Å². The average Bonchev–Trinajstić information content (AvgIpc) is 3.98. The number of fused-ring (bicyclic) bond motifs is 4. The van der Waals surface area contributed by atoms with Crippen LogP contribution in [0.4, 0.5) is 0 Å². The van der Waals surface area contributed by atoms with Crippen molar-refractivity contribution in [3.63, 3.8) is 0 Å². The molecule has 272 valence electrons. The van der Waals surface area contributed by atoms with E-state index in [2.05, 4.69) is 37.5 Å². The summed E-state index contributed by atoms with van der Waals surface area (Å²) in [6, 6.07) is 15.0. The number of nitrogens with zero attached hydrogens (tertiary/aromatic N) is 2. The number of aliphatic hydroxyl groups excluding tert-OH is 1. The largest absolute Gasteiger partial charge is 1.00 e. The van der Waals surface area contributed by atoms with Gasteiger partial charge in [0, 0.05) is 81.8 Å². The van der Waals surface area contributed by atoms with Crippen LogP contribution in [0.5, 0.6) is 0 Å². The van der Waals surface area contributed by atoms with Crippen LogP contribution in [0.15, 0.2) is 84.1 Å². The van der Waals surface area contributed by atoms with Crippen molar-refractivity contribution in [3.05, 3.63) is 136 Å². The van der Waals surface area contributed by atoms with Crippen molar-refractivity contribution in [2.75, 3.05) is 11.9 Å². The molecule has 2 unspecified atom stereocenters. The summed E-state index contributed by atoms with van der Waals surface area (Å²) in [7, 11) is 0. The number of carbonyl (C=O) groups is 4. The molecule has 2 N–H and O–H groups in total. The van der Waals surface area contributed by atoms with Gasteiger partial charge in [0.25, 0.3) is 0 Å². The van der Waals surface area contributed by atoms with Gasteiger partial charge in [-0.15, -0.1) is 45.3 Å². The summed E-state index contributed by atoms with van der Waals surface area (Å²) in [5.74, 6) is -0.288. The number of thiophene rings is 4. The molecule has 9 nitrogen and oxygen atoms in total. The van der Waals surface area contributed by atoms with Crippen LogP contribution in [0.2, 0.25) is 0 Å². The van der Waals surface area contributed by atoms with Crippen molar-refractivity contribution in [2.24, 2.45) is 0 Å². The van der Waals surface area contributed by atoms with Gasteiger partial charge in [0.2, 0.25) is 23.1 Å². The monoisotopic (exact) mass is 862 g/mol. The Labute approximate surface area is 354 Å². The molecule has 0 saturated carbocycles. The minimum atomic E-state index is -0.649. The fourth-order valence-electron chi connectivity index (χ4n) is 5.59. The molecular formula is C38H36BrN2NaO7S4. The van der Waals surface area contributed by atoms with Crippen LogP contribution in [0.1, 0.15) is 110 Å². The second kappa shape index (κ2) is 19.8. The number of aromatic nitrogens is 2. The molecular weight excluding hydrogens is 828 g/mol. The molecule has 8 rings (SSSR count). The Bertz CT molecular complexity index is 2050. The minimum Gasteiger partial charge on any atom is -0.870 e. The normalized spacial score (nSPS) is 13.5. The van der Waals surface area contributed by atoms with E-state index < -0.39 is 6.10 Å². The van der Waals surface area contributed by atoms with Crippen LogP contribution < -0.4 is 29.6 Å². The topological polar surface area (TPSA) is 138 Å². The molecule has 0 saturated heterocycles. The molecule has 15 heteroatoms. The van der Waals surface area contributed by atoms with E-state index in [-0.39, 0.29) is 64.3 Å². The number of ketones is 4. The molecule has 0 aromatic carbocycles. The van der Waals surface area contributed by atoms with E-state index in [0.717, 1.165) is 29.7 Å². The maximum Gasteiger partial charge on any atom is 1.00 e. The molecule has 2 atom stereocenters. The van der Waals surface area contributed by atoms with E-state index in [1.165, 1.54) is 51.8 Å². The Hall–Kier alpha value is -2.60. The smallest absolute Gasteiger partial charge is 0.870 e. The number of carbonyl (C=O) groups excluding carboxylic acids is 4. The van der Waals surface area contributed by atoms with E-state index in [1.54, 1.807) is 35.9 Å². The summed E-state index contributed by atoms with van der Waals surface area (Å²) < 4.78 is 10.2. The van der Waals surface area contributed by atoms with Crippen molar-refractivity contribution < 1.29 is 64.1 Å². The molecule has 0 spiro atoms. The summed E-state index contributed by atoms with van der Waals surface area (Å²) in [5.41, 5.74) is 2.00. The molecule has 6 aromatic rings. The van der Waals surface area contributed by atoms with Crippen LogP contribution in [0.3, 0.4) is 0 Å². The zero-order valence-electron chi connectivity index (χ0n) is 29.3. The zero-order valence-corrected chi connectivity index (χ0v) is 36.2. The van der Waals surface area contributed by atoms with Gasteiger partial charge in [0.15, 0.2) is 0 Å². The number of ether oxygens (including phenoxy) is 1. The van der Waals surface area contributed by atoms with E-state index in [4.69, 9.17) is 4.74 Å². The number of hydrogen-bond donors (Lipinski definition) is 1. The Morgan fingerprint density at radius 1 is 0.679 bits per heavy atom. The fourth-order valence-corrected chi connectivity index (χ4v) is 9.69. The second-order valence-corrected chi connectivity index (χ2v) is 16.6. The van der Waals surface area contributed by atoms with E-state index in [0.29, 0.717) is 53.2 Å². The molecule has 0 bridgehead atoms. The van der Waals surface area contributed by atoms with Gasteiger partial charge in [-0.3, -0.25) is 19.2 Å². The predicted molar refractivity (Wildman–Crippen MR) is 210 cm³/mol. The number of hydrogen-bond acceptors (Lipinski definition) is 11. The van der Waals surface area contributed by atoms with Crippen LogP contribution in [0, 0.1) is 0 Å². The molecule has 53 heavy (non-hydrogen) atoms. The number of aryl methyl sites for hydroxylation is 2. The first-order valence-electron chi connectivity index (χ1n) is 16.4. The van der Waals surface area contributed by atoms with Crippen molar-refractivity contribution in [2.45, 2.75) is 52.0 Å². The minimum absolute atomic E-state index is 0. The van der Waals surface area contributed by atoms with Crippen molar-refractivity contribution in [3.8, 4) is 0 Å². The van der Waals surface area contributed by atoms with Gasteiger partial charge < -0.3 is 24.5 Å². The number of alkyl halides is 1. The summed E-state index contributed by atoms with van der Waals surface area (Å²) in [6.45, 7) is 6.27. The van der Waals surface area contributed by atoms with Gasteiger partial charge in [-0.1, -0.05) is 15.9 Å². The van der Waals surface area contributed by atoms with Crippen LogP contribution >= 0.6 is 61.3 Å². The molecule has 6 aromatic heterocycles. The summed E-state index contributed by atoms with van der Waals surface area (Å²) in [6.07, 6.45) is 9.58. The quantitative estimate of drug-likeness (QED) is 0.0970. The molecule has 0 radical (unpaired) electrons. The third kappa shape index (κ3) is 9.80. The third-order valence-electron chi connectivity index (χ3n) is 8.26. The zero-order chi connectivity index (χ0) is 36.1. The van der Waals surface area contributed by atoms with Crippen molar-refractivity contribution in [1.82, 2.24) is 9.13 Å².